The van der Waals surface area contributed by atoms with Crippen LogP contribution in [-0.4, -0.2) is 22.0 Å². The highest BCUT2D eigenvalue weighted by atomic mass is 33.1. The fourth-order valence-electron chi connectivity index (χ4n) is 1.32. The van der Waals surface area contributed by atoms with Crippen molar-refractivity contribution < 1.29 is 23.8 Å². The molecule has 0 aliphatic heterocycles. The Bertz CT molecular complexity index is 663. The molecule has 8 heteroatoms. The highest BCUT2D eigenvalue weighted by Crippen LogP contribution is 2.28. The molecule has 0 unspecified atom stereocenters. The topological polar surface area (TPSA) is 94.2 Å². The molecule has 0 saturated carbocycles. The Kier molecular flexibility index (Phi) is 4.59. The number of pyridine rings is 2. The molecule has 6 nitrogen and oxygen atoms in total. The van der Waals surface area contributed by atoms with Gasteiger partial charge in [-0.15, -0.1) is 3.97 Å². The minimum absolute atomic E-state index is 0.0417. The van der Waals surface area contributed by atoms with Crippen molar-refractivity contribution in [1.82, 2.24) is 4.98 Å². The standard InChI is InChI=1S/C12H8N2O4S2/c15-11(16)8-3-2-6-14(7-8)20-19-10-9(12(17)18)4-1-5-13-10/h1-7H,(H-,15,16,17,18). The third-order valence-corrected chi connectivity index (χ3v) is 4.39. The molecule has 2 rings (SSSR count). The fraction of sp³-hybridized carbons (Fsp3) is 0. The highest BCUT2D eigenvalue weighted by Gasteiger charge is 2.15. The Morgan fingerprint density at radius 3 is 2.80 bits per heavy atom. The summed E-state index contributed by atoms with van der Waals surface area (Å²) in [6.07, 6.45) is 4.53. The van der Waals surface area contributed by atoms with Gasteiger partial charge in [0.1, 0.15) is 5.03 Å². The molecule has 0 bridgehead atoms. The first-order valence-corrected chi connectivity index (χ1v) is 7.44. The summed E-state index contributed by atoms with van der Waals surface area (Å²) in [6.45, 7) is 0. The molecule has 2 aromatic heterocycles. The maximum Gasteiger partial charge on any atom is 0.338 e. The van der Waals surface area contributed by atoms with Crippen LogP contribution in [0.5, 0.6) is 0 Å². The highest BCUT2D eigenvalue weighted by molar-refractivity contribution is 8.74. The number of carbonyl (C=O) groups is 2. The molecule has 2 aromatic rings. The smallest absolute Gasteiger partial charge is 0.338 e. The number of aromatic carboxylic acids is 2. The van der Waals surface area contributed by atoms with Gasteiger partial charge < -0.3 is 15.0 Å². The van der Waals surface area contributed by atoms with E-state index in [1.54, 1.807) is 18.3 Å². The van der Waals surface area contributed by atoms with E-state index in [9.17, 15) is 14.7 Å². The van der Waals surface area contributed by atoms with Crippen LogP contribution in [0.25, 0.3) is 0 Å². The second kappa shape index (κ2) is 6.40. The normalized spacial score (nSPS) is 10.2. The minimum Gasteiger partial charge on any atom is -0.545 e. The lowest BCUT2D eigenvalue weighted by atomic mass is 10.3. The van der Waals surface area contributed by atoms with Crippen molar-refractivity contribution >= 4 is 33.7 Å². The fourth-order valence-corrected chi connectivity index (χ4v) is 3.25. The van der Waals surface area contributed by atoms with Gasteiger partial charge in [0.15, 0.2) is 12.4 Å². The number of rotatable bonds is 5. The Morgan fingerprint density at radius 1 is 1.30 bits per heavy atom. The summed E-state index contributed by atoms with van der Waals surface area (Å²) < 4.78 is 1.54. The van der Waals surface area contributed by atoms with Gasteiger partial charge in [-0.2, -0.15) is 0 Å². The minimum atomic E-state index is -1.27. The lowest BCUT2D eigenvalue weighted by Crippen LogP contribution is -2.29. The maximum absolute atomic E-state index is 11.0. The molecular weight excluding hydrogens is 300 g/mol. The number of hydrogen-bond donors (Lipinski definition) is 1. The number of carbonyl (C=O) groups excluding carboxylic acids is 1. The van der Waals surface area contributed by atoms with Gasteiger partial charge in [0.05, 0.1) is 17.1 Å². The molecule has 0 saturated heterocycles. The molecule has 0 spiro atoms. The molecular formula is C12H8N2O4S2. The van der Waals surface area contributed by atoms with Gasteiger partial charge in [-0.05, 0) is 18.2 Å². The molecule has 0 aromatic carbocycles. The monoisotopic (exact) mass is 308 g/mol. The van der Waals surface area contributed by atoms with Gasteiger partial charge in [-0.25, -0.2) is 9.78 Å². The Balaban J connectivity index is 2.15. The zero-order valence-corrected chi connectivity index (χ0v) is 11.6. The van der Waals surface area contributed by atoms with E-state index in [0.29, 0.717) is 5.03 Å². The Morgan fingerprint density at radius 2 is 2.10 bits per heavy atom. The quantitative estimate of drug-likeness (QED) is 0.639. The predicted molar refractivity (Wildman–Crippen MR) is 71.0 cm³/mol. The molecule has 102 valence electrons. The van der Waals surface area contributed by atoms with E-state index < -0.39 is 11.9 Å². The van der Waals surface area contributed by atoms with Gasteiger partial charge in [0, 0.05) is 23.1 Å². The van der Waals surface area contributed by atoms with Gasteiger partial charge in [-0.1, -0.05) is 0 Å². The van der Waals surface area contributed by atoms with Crippen LogP contribution in [0.1, 0.15) is 20.7 Å². The van der Waals surface area contributed by atoms with Crippen LogP contribution < -0.4 is 9.08 Å². The summed E-state index contributed by atoms with van der Waals surface area (Å²) in [4.78, 5) is 25.8. The first kappa shape index (κ1) is 14.4. The van der Waals surface area contributed by atoms with Crippen molar-refractivity contribution in [1.29, 1.82) is 0 Å². The molecule has 0 atom stereocenters. The summed E-state index contributed by atoms with van der Waals surface area (Å²) in [6, 6.07) is 5.98. The van der Waals surface area contributed by atoms with E-state index in [2.05, 4.69) is 4.98 Å². The van der Waals surface area contributed by atoms with Crippen molar-refractivity contribution in [2.45, 2.75) is 5.03 Å². The summed E-state index contributed by atoms with van der Waals surface area (Å²) in [5.74, 6) is -2.33. The van der Waals surface area contributed by atoms with Crippen LogP contribution >= 0.6 is 21.8 Å². The van der Waals surface area contributed by atoms with Crippen LogP contribution in [0, 0.1) is 0 Å². The summed E-state index contributed by atoms with van der Waals surface area (Å²) in [5.41, 5.74) is 0.140. The van der Waals surface area contributed by atoms with E-state index in [1.165, 1.54) is 28.5 Å². The van der Waals surface area contributed by atoms with Crippen LogP contribution in [0.4, 0.5) is 0 Å². The summed E-state index contributed by atoms with van der Waals surface area (Å²) >= 11 is 0. The van der Waals surface area contributed by atoms with Gasteiger partial charge in [0.25, 0.3) is 0 Å². The Labute approximate surface area is 122 Å². The van der Waals surface area contributed by atoms with Crippen LogP contribution in [0.15, 0.2) is 47.9 Å². The molecule has 2 heterocycles. The zero-order chi connectivity index (χ0) is 14.5. The van der Waals surface area contributed by atoms with E-state index >= 15 is 0 Å². The van der Waals surface area contributed by atoms with E-state index in [1.807, 2.05) is 0 Å². The lowest BCUT2D eigenvalue weighted by molar-refractivity contribution is -0.491. The molecule has 0 aliphatic rings. The van der Waals surface area contributed by atoms with Crippen molar-refractivity contribution in [2.24, 2.45) is 0 Å². The average molecular weight is 308 g/mol. The third kappa shape index (κ3) is 3.49. The van der Waals surface area contributed by atoms with E-state index in [0.717, 1.165) is 21.8 Å². The predicted octanol–water partition coefficient (Wildman–Crippen LogP) is 0.634. The van der Waals surface area contributed by atoms with Crippen molar-refractivity contribution in [3.8, 4) is 0 Å². The zero-order valence-electron chi connectivity index (χ0n) is 9.92. The number of aromatic nitrogens is 2. The van der Waals surface area contributed by atoms with Crippen molar-refractivity contribution in [3.63, 3.8) is 0 Å². The first-order valence-electron chi connectivity index (χ1n) is 5.34. The van der Waals surface area contributed by atoms with Crippen LogP contribution in [0.2, 0.25) is 0 Å². The van der Waals surface area contributed by atoms with Gasteiger partial charge >= 0.3 is 5.97 Å². The van der Waals surface area contributed by atoms with E-state index in [4.69, 9.17) is 5.11 Å². The SMILES string of the molecule is O=C([O-])c1ccc[n+](SSc2ncccc2C(=O)O)c1. The number of hydrogen-bond acceptors (Lipinski definition) is 6. The average Bonchev–Trinajstić information content (AvgIpc) is 2.45. The molecule has 0 aliphatic carbocycles. The van der Waals surface area contributed by atoms with Crippen molar-refractivity contribution in [2.75, 3.05) is 0 Å². The number of carboxylic acid groups (broad SMARTS) is 2. The molecule has 0 fully saturated rings. The van der Waals surface area contributed by atoms with Crippen molar-refractivity contribution in [3.05, 3.63) is 54.0 Å². The molecule has 1 N–H and O–H groups in total. The maximum atomic E-state index is 11.0. The number of carboxylic acids is 2. The Hall–Kier alpha value is -2.06. The second-order valence-corrected chi connectivity index (χ2v) is 5.63. The summed E-state index contributed by atoms with van der Waals surface area (Å²) in [5, 5.41) is 20.1. The molecule has 0 amide bonds. The van der Waals surface area contributed by atoms with E-state index in [-0.39, 0.29) is 11.1 Å². The summed E-state index contributed by atoms with van der Waals surface area (Å²) in [7, 11) is 2.28. The molecule has 0 radical (unpaired) electrons. The second-order valence-electron chi connectivity index (χ2n) is 3.56. The third-order valence-electron chi connectivity index (χ3n) is 2.21. The largest absolute Gasteiger partial charge is 0.545 e. The number of nitrogens with zero attached hydrogens (tertiary/aromatic N) is 2. The first-order chi connectivity index (χ1) is 9.58. The lowest BCUT2D eigenvalue weighted by Gasteiger charge is -2.01. The molecule has 20 heavy (non-hydrogen) atoms. The van der Waals surface area contributed by atoms with Gasteiger partial charge in [0.2, 0.25) is 11.0 Å². The van der Waals surface area contributed by atoms with Crippen LogP contribution in [0.3, 0.4) is 0 Å². The van der Waals surface area contributed by atoms with Gasteiger partial charge in [-0.3, -0.25) is 0 Å². The van der Waals surface area contributed by atoms with Crippen LogP contribution in [-0.2, 0) is 0 Å².